The Morgan fingerprint density at radius 3 is 2.63 bits per heavy atom. The summed E-state index contributed by atoms with van der Waals surface area (Å²) in [6, 6.07) is 4.81. The van der Waals surface area contributed by atoms with E-state index in [2.05, 4.69) is 20.1 Å². The molecule has 0 amide bonds. The van der Waals surface area contributed by atoms with Crippen molar-refractivity contribution >= 4 is 26.8 Å². The molecular weight excluding hydrogens is 508 g/mol. The summed E-state index contributed by atoms with van der Waals surface area (Å²) in [4.78, 5) is 23.5. The van der Waals surface area contributed by atoms with Crippen LogP contribution in [0.25, 0.3) is 28.2 Å². The van der Waals surface area contributed by atoms with Gasteiger partial charge in [0.1, 0.15) is 23.4 Å². The van der Waals surface area contributed by atoms with Crippen molar-refractivity contribution < 1.29 is 13.2 Å². The zero-order valence-electron chi connectivity index (χ0n) is 22.2. The van der Waals surface area contributed by atoms with Crippen molar-refractivity contribution in [3.63, 3.8) is 0 Å². The zero-order chi connectivity index (χ0) is 27.0. The van der Waals surface area contributed by atoms with E-state index in [1.54, 1.807) is 29.8 Å². The minimum Gasteiger partial charge on any atom is -0.493 e. The molecule has 204 valence electrons. The van der Waals surface area contributed by atoms with E-state index in [1.807, 2.05) is 20.9 Å². The van der Waals surface area contributed by atoms with Crippen molar-refractivity contribution in [2.45, 2.75) is 57.0 Å². The molecule has 0 aliphatic carbocycles. The maximum absolute atomic E-state index is 13.7. The van der Waals surface area contributed by atoms with Crippen LogP contribution in [0.15, 0.2) is 34.2 Å². The average molecular weight is 543 g/mol. The Hall–Kier alpha value is -3.29. The van der Waals surface area contributed by atoms with E-state index in [1.165, 1.54) is 15.0 Å². The number of nitrogens with one attached hydrogen (secondary N) is 1. The van der Waals surface area contributed by atoms with Gasteiger partial charge in [0.25, 0.3) is 0 Å². The molecule has 4 aromatic rings. The van der Waals surface area contributed by atoms with Gasteiger partial charge in [-0.05, 0) is 64.0 Å². The molecule has 12 nitrogen and oxygen atoms in total. The monoisotopic (exact) mass is 542 g/mol. The first-order valence-corrected chi connectivity index (χ1v) is 14.5. The highest BCUT2D eigenvalue weighted by Gasteiger charge is 2.31. The lowest BCUT2D eigenvalue weighted by Crippen LogP contribution is -2.44. The minimum absolute atomic E-state index is 0.0634. The lowest BCUT2D eigenvalue weighted by molar-refractivity contribution is 0.197. The van der Waals surface area contributed by atoms with Crippen LogP contribution in [0.3, 0.4) is 0 Å². The second-order valence-corrected chi connectivity index (χ2v) is 11.8. The first kappa shape index (κ1) is 26.3. The molecule has 0 atom stereocenters. The highest BCUT2D eigenvalue weighted by atomic mass is 32.2. The predicted molar refractivity (Wildman–Crippen MR) is 144 cm³/mol. The summed E-state index contributed by atoms with van der Waals surface area (Å²) in [5.41, 5.74) is 1.56. The number of H-pyrrole nitrogens is 1. The molecule has 1 aromatic carbocycles. The lowest BCUT2D eigenvalue weighted by atomic mass is 10.1. The number of piperidine rings is 1. The van der Waals surface area contributed by atoms with Crippen LogP contribution in [0.4, 0.5) is 0 Å². The van der Waals surface area contributed by atoms with Crippen LogP contribution in [-0.2, 0) is 16.6 Å². The lowest BCUT2D eigenvalue weighted by Gasteiger charge is -2.34. The number of sulfonamides is 1. The molecule has 13 heteroatoms. The van der Waals surface area contributed by atoms with Crippen molar-refractivity contribution in [2.75, 3.05) is 33.8 Å². The number of aromatic nitrogens is 6. The Bertz CT molecular complexity index is 1620. The third-order valence-electron chi connectivity index (χ3n) is 7.14. The third-order valence-corrected chi connectivity index (χ3v) is 9.05. The number of nitrogens with zero attached hydrogens (tertiary/aromatic N) is 7. The molecule has 0 spiro atoms. The SMILES string of the molecule is CCCOc1ccc(S(=O)(=O)N(C)C2CCN(C)CC2)cc1-c1nc2c([nH]1)c1nncn1c(=O)n2CCC. The molecule has 4 heterocycles. The quantitative estimate of drug-likeness (QED) is 0.341. The summed E-state index contributed by atoms with van der Waals surface area (Å²) in [5, 5.41) is 8.02. The van der Waals surface area contributed by atoms with Gasteiger partial charge in [0.2, 0.25) is 10.0 Å². The Morgan fingerprint density at radius 2 is 1.92 bits per heavy atom. The first-order valence-electron chi connectivity index (χ1n) is 13.0. The number of likely N-dealkylation sites (tertiary alicyclic amines) is 1. The van der Waals surface area contributed by atoms with Crippen molar-refractivity contribution in [1.29, 1.82) is 0 Å². The van der Waals surface area contributed by atoms with E-state index < -0.39 is 10.0 Å². The molecule has 1 aliphatic rings. The number of ether oxygens (including phenoxy) is 1. The van der Waals surface area contributed by atoms with Crippen molar-refractivity contribution in [3.8, 4) is 17.1 Å². The van der Waals surface area contributed by atoms with Gasteiger partial charge in [-0.15, -0.1) is 10.2 Å². The summed E-state index contributed by atoms with van der Waals surface area (Å²) < 4.78 is 37.8. The predicted octanol–water partition coefficient (Wildman–Crippen LogP) is 2.35. The Labute approximate surface area is 221 Å². The molecule has 0 unspecified atom stereocenters. The molecule has 0 radical (unpaired) electrons. The van der Waals surface area contributed by atoms with Crippen molar-refractivity contribution in [3.05, 3.63) is 35.0 Å². The van der Waals surface area contributed by atoms with Gasteiger partial charge in [-0.2, -0.15) is 4.31 Å². The fourth-order valence-electron chi connectivity index (χ4n) is 4.95. The van der Waals surface area contributed by atoms with E-state index in [0.717, 1.165) is 38.8 Å². The Balaban J connectivity index is 1.64. The molecule has 1 fully saturated rings. The van der Waals surface area contributed by atoms with Crippen molar-refractivity contribution in [2.24, 2.45) is 0 Å². The fraction of sp³-hybridized carbons (Fsp3) is 0.520. The maximum Gasteiger partial charge on any atom is 0.336 e. The number of aryl methyl sites for hydroxylation is 1. The summed E-state index contributed by atoms with van der Waals surface area (Å²) in [5.74, 6) is 0.902. The van der Waals surface area contributed by atoms with Gasteiger partial charge in [-0.25, -0.2) is 22.6 Å². The normalized spacial score (nSPS) is 15.7. The molecular formula is C25H34N8O4S. The minimum atomic E-state index is -3.77. The van der Waals surface area contributed by atoms with E-state index in [0.29, 0.717) is 47.1 Å². The van der Waals surface area contributed by atoms with Crippen LogP contribution < -0.4 is 10.4 Å². The highest BCUT2D eigenvalue weighted by Crippen LogP contribution is 2.34. The van der Waals surface area contributed by atoms with Gasteiger partial charge >= 0.3 is 5.69 Å². The number of aromatic amines is 1. The van der Waals surface area contributed by atoms with Crippen LogP contribution in [0, 0.1) is 0 Å². The van der Waals surface area contributed by atoms with E-state index in [4.69, 9.17) is 9.72 Å². The second-order valence-electron chi connectivity index (χ2n) is 9.80. The summed E-state index contributed by atoms with van der Waals surface area (Å²) in [7, 11) is -0.0670. The number of rotatable bonds is 9. The smallest absolute Gasteiger partial charge is 0.336 e. The summed E-state index contributed by atoms with van der Waals surface area (Å²) in [6.07, 6.45) is 4.46. The van der Waals surface area contributed by atoms with Crippen LogP contribution in [-0.4, -0.2) is 86.6 Å². The van der Waals surface area contributed by atoms with E-state index in [-0.39, 0.29) is 16.6 Å². The Kier molecular flexibility index (Phi) is 7.25. The molecule has 38 heavy (non-hydrogen) atoms. The summed E-state index contributed by atoms with van der Waals surface area (Å²) in [6.45, 7) is 6.62. The molecule has 1 N–H and O–H groups in total. The molecule has 1 aliphatic heterocycles. The molecule has 0 bridgehead atoms. The molecule has 5 rings (SSSR count). The fourth-order valence-corrected chi connectivity index (χ4v) is 6.39. The number of benzene rings is 1. The molecule has 0 saturated carbocycles. The van der Waals surface area contributed by atoms with Gasteiger partial charge in [0.05, 0.1) is 17.1 Å². The van der Waals surface area contributed by atoms with E-state index in [9.17, 15) is 13.2 Å². The number of hydrogen-bond acceptors (Lipinski definition) is 8. The standard InChI is InChI=1S/C25H34N8O4S/c1-5-11-32-23-21(24-29-26-16-33(24)25(32)34)27-22(28-23)19-15-18(7-8-20(19)37-14-6-2)38(35,36)31(4)17-9-12-30(3)13-10-17/h7-8,15-17H,5-6,9-14H2,1-4H3,(H,27,28). The van der Waals surface area contributed by atoms with Crippen LogP contribution >= 0.6 is 0 Å². The van der Waals surface area contributed by atoms with Gasteiger partial charge in [-0.1, -0.05) is 13.8 Å². The zero-order valence-corrected chi connectivity index (χ0v) is 23.0. The van der Waals surface area contributed by atoms with Crippen LogP contribution in [0.1, 0.15) is 39.5 Å². The number of hydrogen-bond donors (Lipinski definition) is 1. The van der Waals surface area contributed by atoms with Gasteiger partial charge in [-0.3, -0.25) is 4.57 Å². The first-order chi connectivity index (χ1) is 18.3. The second kappa shape index (κ2) is 10.5. The highest BCUT2D eigenvalue weighted by molar-refractivity contribution is 7.89. The van der Waals surface area contributed by atoms with E-state index >= 15 is 0 Å². The molecule has 1 saturated heterocycles. The number of fused-ring (bicyclic) bond motifs is 3. The third kappa shape index (κ3) is 4.58. The largest absolute Gasteiger partial charge is 0.493 e. The van der Waals surface area contributed by atoms with Crippen LogP contribution in [0.2, 0.25) is 0 Å². The van der Waals surface area contributed by atoms with Gasteiger partial charge in [0.15, 0.2) is 11.3 Å². The Morgan fingerprint density at radius 1 is 1.16 bits per heavy atom. The maximum atomic E-state index is 13.7. The number of imidazole rings is 1. The van der Waals surface area contributed by atoms with Gasteiger partial charge < -0.3 is 14.6 Å². The molecule has 3 aromatic heterocycles. The average Bonchev–Trinajstić information content (AvgIpc) is 3.58. The van der Waals surface area contributed by atoms with Crippen molar-refractivity contribution in [1.82, 2.24) is 38.3 Å². The van der Waals surface area contributed by atoms with Crippen LogP contribution in [0.5, 0.6) is 5.75 Å². The summed E-state index contributed by atoms with van der Waals surface area (Å²) >= 11 is 0. The van der Waals surface area contributed by atoms with Gasteiger partial charge in [0, 0.05) is 19.6 Å². The topological polar surface area (TPSA) is 131 Å².